The standard InChI is InChI=1S/C23H26ClNO6/c24-18-9-17-15-3-1-2-4-16(15)23(29)31-19(17)10-20(18)30-12-21(26)25-11-13-5-7-14(8-6-13)22(27)28/h9-10,13-14H,1-8,11-12H2,(H,25,26)(H,27,28)/p-1. The van der Waals surface area contributed by atoms with E-state index in [1.54, 1.807) is 12.1 Å². The highest BCUT2D eigenvalue weighted by atomic mass is 35.5. The van der Waals surface area contributed by atoms with E-state index >= 15 is 0 Å². The number of aliphatic carboxylic acids is 1. The van der Waals surface area contributed by atoms with Gasteiger partial charge in [-0.2, -0.15) is 0 Å². The number of carboxylic acids is 1. The van der Waals surface area contributed by atoms with Crippen LogP contribution in [0.2, 0.25) is 5.02 Å². The molecule has 1 amide bonds. The summed E-state index contributed by atoms with van der Waals surface area (Å²) in [6, 6.07) is 3.31. The first kappa shape index (κ1) is 21.7. The molecule has 1 saturated carbocycles. The average Bonchev–Trinajstić information content (AvgIpc) is 2.77. The number of benzene rings is 1. The van der Waals surface area contributed by atoms with E-state index < -0.39 is 5.97 Å². The maximum absolute atomic E-state index is 12.3. The summed E-state index contributed by atoms with van der Waals surface area (Å²) in [7, 11) is 0. The number of ether oxygens (including phenoxy) is 1. The Balaban J connectivity index is 1.35. The Labute approximate surface area is 184 Å². The second-order valence-electron chi connectivity index (χ2n) is 8.46. The van der Waals surface area contributed by atoms with Gasteiger partial charge in [-0.05, 0) is 74.8 Å². The fourth-order valence-electron chi connectivity index (χ4n) is 4.61. The SMILES string of the molecule is O=C(COc1cc2oc(=O)c3c(c2cc1Cl)CCCC3)NCC1CCC(C(=O)[O-])CC1. The summed E-state index contributed by atoms with van der Waals surface area (Å²) in [5.41, 5.74) is 1.82. The molecule has 0 radical (unpaired) electrons. The van der Waals surface area contributed by atoms with Crippen LogP contribution in [-0.2, 0) is 22.4 Å². The van der Waals surface area contributed by atoms with E-state index in [1.807, 2.05) is 0 Å². The van der Waals surface area contributed by atoms with Gasteiger partial charge in [-0.15, -0.1) is 0 Å². The van der Waals surface area contributed by atoms with Gasteiger partial charge in [0.25, 0.3) is 5.91 Å². The van der Waals surface area contributed by atoms with E-state index in [1.165, 1.54) is 0 Å². The van der Waals surface area contributed by atoms with Gasteiger partial charge in [0.1, 0.15) is 11.3 Å². The maximum atomic E-state index is 12.3. The number of fused-ring (bicyclic) bond motifs is 3. The van der Waals surface area contributed by atoms with Crippen molar-refractivity contribution in [1.82, 2.24) is 5.32 Å². The van der Waals surface area contributed by atoms with Crippen LogP contribution in [0, 0.1) is 11.8 Å². The van der Waals surface area contributed by atoms with Crippen LogP contribution < -0.4 is 20.8 Å². The molecule has 0 spiro atoms. The first-order valence-electron chi connectivity index (χ1n) is 10.8. The highest BCUT2D eigenvalue weighted by Crippen LogP contribution is 2.34. The van der Waals surface area contributed by atoms with Crippen molar-refractivity contribution in [3.8, 4) is 5.75 Å². The number of hydrogen-bond acceptors (Lipinski definition) is 6. The minimum absolute atomic E-state index is 0.214. The first-order chi connectivity index (χ1) is 14.9. The number of rotatable bonds is 6. The predicted molar refractivity (Wildman–Crippen MR) is 113 cm³/mol. The van der Waals surface area contributed by atoms with Gasteiger partial charge in [0.2, 0.25) is 0 Å². The third-order valence-corrected chi connectivity index (χ3v) is 6.70. The molecule has 1 aromatic carbocycles. The highest BCUT2D eigenvalue weighted by molar-refractivity contribution is 6.32. The summed E-state index contributed by atoms with van der Waals surface area (Å²) in [6.07, 6.45) is 6.21. The number of amides is 1. The molecular formula is C23H25ClNO6-. The molecule has 1 fully saturated rings. The zero-order valence-corrected chi connectivity index (χ0v) is 18.0. The van der Waals surface area contributed by atoms with E-state index in [4.69, 9.17) is 20.8 Å². The quantitative estimate of drug-likeness (QED) is 0.682. The molecule has 0 bridgehead atoms. The molecule has 4 rings (SSSR count). The van der Waals surface area contributed by atoms with Gasteiger partial charge in [0.15, 0.2) is 6.61 Å². The fraction of sp³-hybridized carbons (Fsp3) is 0.522. The number of hydrogen-bond donors (Lipinski definition) is 1. The number of halogens is 1. The Morgan fingerprint density at radius 2 is 1.84 bits per heavy atom. The molecular weight excluding hydrogens is 422 g/mol. The molecule has 1 N–H and O–H groups in total. The lowest BCUT2D eigenvalue weighted by Gasteiger charge is -2.29. The van der Waals surface area contributed by atoms with Crippen LogP contribution >= 0.6 is 11.6 Å². The normalized spacial score (nSPS) is 20.8. The van der Waals surface area contributed by atoms with Gasteiger partial charge in [-0.3, -0.25) is 4.79 Å². The minimum Gasteiger partial charge on any atom is -0.550 e. The largest absolute Gasteiger partial charge is 0.550 e. The Kier molecular flexibility index (Phi) is 6.51. The van der Waals surface area contributed by atoms with Crippen LogP contribution in [0.3, 0.4) is 0 Å². The summed E-state index contributed by atoms with van der Waals surface area (Å²) in [5, 5.41) is 14.9. The lowest BCUT2D eigenvalue weighted by molar-refractivity contribution is -0.312. The fourth-order valence-corrected chi connectivity index (χ4v) is 4.83. The topological polar surface area (TPSA) is 109 Å². The highest BCUT2D eigenvalue weighted by Gasteiger charge is 2.23. The van der Waals surface area contributed by atoms with Crippen molar-refractivity contribution in [1.29, 1.82) is 0 Å². The van der Waals surface area contributed by atoms with Crippen LogP contribution in [0.5, 0.6) is 5.75 Å². The van der Waals surface area contributed by atoms with E-state index in [0.29, 0.717) is 30.0 Å². The van der Waals surface area contributed by atoms with Crippen LogP contribution in [0.4, 0.5) is 0 Å². The lowest BCUT2D eigenvalue weighted by Crippen LogP contribution is -2.37. The van der Waals surface area contributed by atoms with Crippen molar-refractivity contribution >= 4 is 34.4 Å². The molecule has 0 unspecified atom stereocenters. The van der Waals surface area contributed by atoms with Gasteiger partial charge in [0, 0.05) is 29.5 Å². The number of carbonyl (C=O) groups excluding carboxylic acids is 2. The zero-order valence-electron chi connectivity index (χ0n) is 17.2. The zero-order chi connectivity index (χ0) is 22.0. The molecule has 2 aliphatic carbocycles. The molecule has 1 heterocycles. The van der Waals surface area contributed by atoms with Gasteiger partial charge in [-0.1, -0.05) is 11.6 Å². The number of carboxylic acid groups (broad SMARTS) is 1. The second kappa shape index (κ2) is 9.30. The molecule has 166 valence electrons. The average molecular weight is 447 g/mol. The molecule has 8 heteroatoms. The van der Waals surface area contributed by atoms with Crippen molar-refractivity contribution in [3.63, 3.8) is 0 Å². The molecule has 0 atom stereocenters. The van der Waals surface area contributed by atoms with Gasteiger partial charge >= 0.3 is 5.63 Å². The number of nitrogens with one attached hydrogen (secondary N) is 1. The first-order valence-corrected chi connectivity index (χ1v) is 11.2. The van der Waals surface area contributed by atoms with Gasteiger partial charge < -0.3 is 24.4 Å². The third kappa shape index (κ3) is 4.87. The third-order valence-electron chi connectivity index (χ3n) is 6.40. The Hall–Kier alpha value is -2.54. The van der Waals surface area contributed by atoms with E-state index in [9.17, 15) is 19.5 Å². The number of aryl methyl sites for hydroxylation is 1. The molecule has 2 aliphatic rings. The van der Waals surface area contributed by atoms with Crippen LogP contribution in [-0.4, -0.2) is 25.0 Å². The second-order valence-corrected chi connectivity index (χ2v) is 8.87. The summed E-state index contributed by atoms with van der Waals surface area (Å²) in [4.78, 5) is 35.4. The smallest absolute Gasteiger partial charge is 0.339 e. The number of carbonyl (C=O) groups is 2. The van der Waals surface area contributed by atoms with Crippen molar-refractivity contribution in [2.24, 2.45) is 11.8 Å². The van der Waals surface area contributed by atoms with E-state index in [2.05, 4.69) is 5.32 Å². The molecule has 31 heavy (non-hydrogen) atoms. The molecule has 0 saturated heterocycles. The Morgan fingerprint density at radius 3 is 2.55 bits per heavy atom. The molecule has 1 aromatic heterocycles. The van der Waals surface area contributed by atoms with Crippen LogP contribution in [0.15, 0.2) is 21.3 Å². The van der Waals surface area contributed by atoms with Crippen LogP contribution in [0.25, 0.3) is 11.0 Å². The van der Waals surface area contributed by atoms with Gasteiger partial charge in [-0.25, -0.2) is 4.79 Å². The summed E-state index contributed by atoms with van der Waals surface area (Å²) >= 11 is 6.38. The van der Waals surface area contributed by atoms with E-state index in [-0.39, 0.29) is 35.7 Å². The van der Waals surface area contributed by atoms with E-state index in [0.717, 1.165) is 55.0 Å². The minimum atomic E-state index is -0.987. The monoisotopic (exact) mass is 446 g/mol. The van der Waals surface area contributed by atoms with Crippen molar-refractivity contribution in [2.45, 2.75) is 51.4 Å². The Bertz CT molecular complexity index is 1050. The van der Waals surface area contributed by atoms with Crippen molar-refractivity contribution in [3.05, 3.63) is 38.7 Å². The maximum Gasteiger partial charge on any atom is 0.339 e. The van der Waals surface area contributed by atoms with Crippen molar-refractivity contribution < 1.29 is 23.8 Å². The van der Waals surface area contributed by atoms with Crippen molar-refractivity contribution in [2.75, 3.05) is 13.2 Å². The predicted octanol–water partition coefficient (Wildman–Crippen LogP) is 2.38. The lowest BCUT2D eigenvalue weighted by atomic mass is 9.82. The Morgan fingerprint density at radius 1 is 1.13 bits per heavy atom. The molecule has 0 aliphatic heterocycles. The summed E-state index contributed by atoms with van der Waals surface area (Å²) in [6.45, 7) is 0.267. The van der Waals surface area contributed by atoms with Gasteiger partial charge in [0.05, 0.1) is 5.02 Å². The van der Waals surface area contributed by atoms with Crippen LogP contribution in [0.1, 0.15) is 49.7 Å². The molecule has 2 aromatic rings. The summed E-state index contributed by atoms with van der Waals surface area (Å²) in [5.74, 6) is -1.11. The molecule has 7 nitrogen and oxygen atoms in total. The summed E-state index contributed by atoms with van der Waals surface area (Å²) < 4.78 is 11.1.